The number of aryl methyl sites for hydroxylation is 1. The number of para-hydroxylation sites is 1. The first kappa shape index (κ1) is 18.9. The second-order valence-corrected chi connectivity index (χ2v) is 9.37. The zero-order valence-electron chi connectivity index (χ0n) is 15.3. The van der Waals surface area contributed by atoms with Crippen LogP contribution in [-0.4, -0.2) is 72.2 Å². The molecule has 1 N–H and O–H groups in total. The van der Waals surface area contributed by atoms with Crippen molar-refractivity contribution in [2.75, 3.05) is 32.9 Å². The van der Waals surface area contributed by atoms with Crippen LogP contribution in [0.15, 0.2) is 30.5 Å². The normalized spacial score (nSPS) is 21.0. The molecule has 26 heavy (non-hydrogen) atoms. The van der Waals surface area contributed by atoms with Crippen molar-refractivity contribution in [1.29, 1.82) is 0 Å². The molecule has 0 aliphatic carbocycles. The lowest BCUT2D eigenvalue weighted by molar-refractivity contribution is -0.129. The molecule has 1 aliphatic rings. The molecule has 1 saturated heterocycles. The van der Waals surface area contributed by atoms with E-state index in [2.05, 4.69) is 0 Å². The molecule has 1 aromatic heterocycles. The highest BCUT2D eigenvalue weighted by atomic mass is 32.2. The molecule has 0 spiro atoms. The first-order valence-electron chi connectivity index (χ1n) is 8.58. The highest BCUT2D eigenvalue weighted by Crippen LogP contribution is 2.24. The summed E-state index contributed by atoms with van der Waals surface area (Å²) in [6.45, 7) is 0.440. The van der Waals surface area contributed by atoms with Crippen LogP contribution in [0.2, 0.25) is 0 Å². The Kier molecular flexibility index (Phi) is 5.09. The highest BCUT2D eigenvalue weighted by molar-refractivity contribution is 7.89. The van der Waals surface area contributed by atoms with Crippen LogP contribution in [0.4, 0.5) is 0 Å². The van der Waals surface area contributed by atoms with Crippen molar-refractivity contribution >= 4 is 26.8 Å². The Morgan fingerprint density at radius 1 is 1.27 bits per heavy atom. The van der Waals surface area contributed by atoms with Crippen molar-refractivity contribution in [3.63, 3.8) is 0 Å². The lowest BCUT2D eigenvalue weighted by Crippen LogP contribution is -2.34. The number of likely N-dealkylation sites (tertiary alicyclic amines) is 1. The van der Waals surface area contributed by atoms with Gasteiger partial charge >= 0.3 is 0 Å². The van der Waals surface area contributed by atoms with Crippen LogP contribution in [0.25, 0.3) is 10.9 Å². The summed E-state index contributed by atoms with van der Waals surface area (Å²) in [5.74, 6) is -0.705. The van der Waals surface area contributed by atoms with E-state index in [0.29, 0.717) is 0 Å². The van der Waals surface area contributed by atoms with Gasteiger partial charge in [0.05, 0.1) is 18.3 Å². The number of β-amino-alcohol motifs (C(OH)–C–C–N with tert-alkyl or cyclic N) is 1. The number of aliphatic hydroxyl groups excluding tert-OH is 1. The molecule has 2 aromatic rings. The molecule has 2 atom stereocenters. The average Bonchev–Trinajstić information content (AvgIpc) is 3.08. The lowest BCUT2D eigenvalue weighted by Gasteiger charge is -2.18. The fraction of sp³-hybridized carbons (Fsp3) is 0.500. The number of fused-ring (bicyclic) bond motifs is 1. The van der Waals surface area contributed by atoms with Crippen molar-refractivity contribution in [1.82, 2.24) is 13.8 Å². The van der Waals surface area contributed by atoms with Gasteiger partial charge in [-0.05, 0) is 11.6 Å². The number of hydrogen-bond acceptors (Lipinski definition) is 4. The molecule has 0 radical (unpaired) electrons. The van der Waals surface area contributed by atoms with E-state index in [1.165, 1.54) is 14.1 Å². The van der Waals surface area contributed by atoms with E-state index < -0.39 is 22.0 Å². The monoisotopic (exact) mass is 379 g/mol. The minimum Gasteiger partial charge on any atom is -0.391 e. The van der Waals surface area contributed by atoms with Gasteiger partial charge in [-0.1, -0.05) is 18.2 Å². The van der Waals surface area contributed by atoms with Crippen molar-refractivity contribution in [3.8, 4) is 0 Å². The summed E-state index contributed by atoms with van der Waals surface area (Å²) >= 11 is 0. The predicted octanol–water partition coefficient (Wildman–Crippen LogP) is 0.432. The van der Waals surface area contributed by atoms with Gasteiger partial charge in [-0.15, -0.1) is 0 Å². The molecule has 0 bridgehead atoms. The minimum absolute atomic E-state index is 0.0924. The van der Waals surface area contributed by atoms with E-state index in [1.807, 2.05) is 42.1 Å². The fourth-order valence-corrected chi connectivity index (χ4v) is 4.65. The van der Waals surface area contributed by atoms with Gasteiger partial charge in [-0.2, -0.15) is 0 Å². The third kappa shape index (κ3) is 3.62. The number of aromatic nitrogens is 1. The molecule has 0 unspecified atom stereocenters. The number of carbonyl (C=O) groups excluding carboxylic acids is 1. The molecule has 1 amide bonds. The molecule has 1 aromatic carbocycles. The molecule has 8 heteroatoms. The quantitative estimate of drug-likeness (QED) is 0.817. The molecular weight excluding hydrogens is 354 g/mol. The summed E-state index contributed by atoms with van der Waals surface area (Å²) in [5, 5.41) is 11.3. The smallest absolute Gasteiger partial charge is 0.227 e. The predicted molar refractivity (Wildman–Crippen MR) is 100 cm³/mol. The van der Waals surface area contributed by atoms with Gasteiger partial charge in [0.1, 0.15) is 0 Å². The number of amides is 1. The van der Waals surface area contributed by atoms with Crippen LogP contribution < -0.4 is 0 Å². The molecular formula is C18H25N3O4S. The number of rotatable bonds is 5. The fourth-order valence-electron chi connectivity index (χ4n) is 3.48. The number of nitrogens with zero attached hydrogens (tertiary/aromatic N) is 3. The highest BCUT2D eigenvalue weighted by Gasteiger charge is 2.37. The minimum atomic E-state index is -3.42. The summed E-state index contributed by atoms with van der Waals surface area (Å²) < 4.78 is 27.3. The van der Waals surface area contributed by atoms with Gasteiger partial charge in [-0.25, -0.2) is 12.7 Å². The van der Waals surface area contributed by atoms with Gasteiger partial charge in [0.25, 0.3) is 0 Å². The van der Waals surface area contributed by atoms with Crippen molar-refractivity contribution in [3.05, 3.63) is 36.0 Å². The maximum atomic E-state index is 12.7. The second kappa shape index (κ2) is 7.02. The van der Waals surface area contributed by atoms with Crippen molar-refractivity contribution in [2.45, 2.75) is 12.5 Å². The van der Waals surface area contributed by atoms with E-state index in [0.717, 1.165) is 20.8 Å². The Balaban J connectivity index is 1.71. The molecule has 2 heterocycles. The topological polar surface area (TPSA) is 82.9 Å². The van der Waals surface area contributed by atoms with Crippen LogP contribution in [0.5, 0.6) is 0 Å². The van der Waals surface area contributed by atoms with E-state index in [9.17, 15) is 18.3 Å². The van der Waals surface area contributed by atoms with Crippen molar-refractivity contribution in [2.24, 2.45) is 13.0 Å². The summed E-state index contributed by atoms with van der Waals surface area (Å²) in [6, 6.07) is 7.90. The Hall–Kier alpha value is -1.90. The van der Waals surface area contributed by atoms with Crippen molar-refractivity contribution < 1.29 is 18.3 Å². The Morgan fingerprint density at radius 3 is 2.65 bits per heavy atom. The van der Waals surface area contributed by atoms with Gasteiger partial charge in [0.2, 0.25) is 15.9 Å². The number of benzene rings is 1. The van der Waals surface area contributed by atoms with E-state index in [-0.39, 0.29) is 31.2 Å². The first-order chi connectivity index (χ1) is 12.2. The summed E-state index contributed by atoms with van der Waals surface area (Å²) in [7, 11) is 1.47. The van der Waals surface area contributed by atoms with E-state index >= 15 is 0 Å². The molecule has 1 aliphatic heterocycles. The maximum absolute atomic E-state index is 12.7. The first-order valence-corrected chi connectivity index (χ1v) is 10.2. The van der Waals surface area contributed by atoms with Gasteiger partial charge in [-0.3, -0.25) is 4.79 Å². The molecule has 142 valence electrons. The largest absolute Gasteiger partial charge is 0.391 e. The maximum Gasteiger partial charge on any atom is 0.227 e. The molecule has 1 fully saturated rings. The SMILES string of the molecule is CN(C)S(=O)(=O)C[C@@H]1CN(C(=O)Cc2cn(C)c3ccccc23)C[C@@H]1O. The molecule has 3 rings (SSSR count). The van der Waals surface area contributed by atoms with Crippen LogP contribution in [0.3, 0.4) is 0 Å². The average molecular weight is 379 g/mol. The number of aliphatic hydroxyl groups is 1. The zero-order valence-corrected chi connectivity index (χ0v) is 16.1. The van der Waals surface area contributed by atoms with E-state index in [1.54, 1.807) is 4.90 Å². The number of carbonyl (C=O) groups is 1. The summed E-state index contributed by atoms with van der Waals surface area (Å²) in [6.07, 6.45) is 1.37. The number of sulfonamides is 1. The third-order valence-electron chi connectivity index (χ3n) is 5.06. The summed E-state index contributed by atoms with van der Waals surface area (Å²) in [4.78, 5) is 14.3. The zero-order chi connectivity index (χ0) is 19.1. The van der Waals surface area contributed by atoms with Gasteiger partial charge in [0.15, 0.2) is 0 Å². The molecule has 0 saturated carbocycles. The van der Waals surface area contributed by atoms with Crippen LogP contribution >= 0.6 is 0 Å². The Labute approximate surface area is 153 Å². The van der Waals surface area contributed by atoms with Crippen LogP contribution in [0.1, 0.15) is 5.56 Å². The lowest BCUT2D eigenvalue weighted by atomic mass is 10.1. The second-order valence-electron chi connectivity index (χ2n) is 7.15. The van der Waals surface area contributed by atoms with Gasteiger partial charge in [0, 0.05) is 57.3 Å². The molecule has 7 nitrogen and oxygen atoms in total. The van der Waals surface area contributed by atoms with Gasteiger partial charge < -0.3 is 14.6 Å². The Bertz CT molecular complexity index is 920. The standard InChI is InChI=1S/C18H25N3O4S/c1-19(2)26(24,25)12-14-10-21(11-17(14)22)18(23)8-13-9-20(3)16-7-5-4-6-15(13)16/h4-7,9,14,17,22H,8,10-12H2,1-3H3/t14-,17-/m0/s1. The summed E-state index contributed by atoms with van der Waals surface area (Å²) in [5.41, 5.74) is 2.00. The van der Waals surface area contributed by atoms with Crippen LogP contribution in [-0.2, 0) is 28.3 Å². The van der Waals surface area contributed by atoms with Crippen LogP contribution in [0, 0.1) is 5.92 Å². The number of hydrogen-bond donors (Lipinski definition) is 1. The third-order valence-corrected chi connectivity index (χ3v) is 7.02. The van der Waals surface area contributed by atoms with E-state index in [4.69, 9.17) is 0 Å². The Morgan fingerprint density at radius 2 is 1.96 bits per heavy atom.